The van der Waals surface area contributed by atoms with Gasteiger partial charge in [-0.1, -0.05) is 30.3 Å². The molecule has 6 nitrogen and oxygen atoms in total. The molecule has 2 aliphatic heterocycles. The molecule has 0 saturated carbocycles. The average Bonchev–Trinajstić information content (AvgIpc) is 2.61. The summed E-state index contributed by atoms with van der Waals surface area (Å²) >= 11 is 0. The molecule has 25 heavy (non-hydrogen) atoms. The molecule has 0 radical (unpaired) electrons. The van der Waals surface area contributed by atoms with Gasteiger partial charge in [-0.05, 0) is 38.4 Å². The number of carbonyl (C=O) groups excluding carboxylic acids is 2. The predicted octanol–water partition coefficient (Wildman–Crippen LogP) is 1.18. The highest BCUT2D eigenvalue weighted by Gasteiger charge is 2.28. The molecule has 1 aromatic rings. The van der Waals surface area contributed by atoms with Gasteiger partial charge in [0.15, 0.2) is 0 Å². The van der Waals surface area contributed by atoms with Crippen molar-refractivity contribution in [1.82, 2.24) is 20.0 Å². The van der Waals surface area contributed by atoms with Crippen molar-refractivity contribution in [3.63, 3.8) is 0 Å². The molecule has 0 bridgehead atoms. The molecular weight excluding hydrogens is 316 g/mol. The van der Waals surface area contributed by atoms with E-state index in [9.17, 15) is 9.59 Å². The number of likely N-dealkylation sites (N-methyl/N-ethyl adjacent to an activating group) is 1. The first-order valence-corrected chi connectivity index (χ1v) is 9.17. The molecule has 136 valence electrons. The summed E-state index contributed by atoms with van der Waals surface area (Å²) in [6, 6.07) is 10.3. The number of nitrogens with one attached hydrogen (secondary N) is 1. The third-order valence-electron chi connectivity index (χ3n) is 5.07. The van der Waals surface area contributed by atoms with Crippen LogP contribution < -0.4 is 5.32 Å². The zero-order valence-corrected chi connectivity index (χ0v) is 15.0. The monoisotopic (exact) mass is 344 g/mol. The summed E-state index contributed by atoms with van der Waals surface area (Å²) in [5.74, 6) is 0.0399. The molecule has 2 saturated heterocycles. The quantitative estimate of drug-likeness (QED) is 0.892. The second-order valence-electron chi connectivity index (χ2n) is 7.09. The van der Waals surface area contributed by atoms with Crippen LogP contribution >= 0.6 is 0 Å². The number of hydrogen-bond acceptors (Lipinski definition) is 3. The van der Waals surface area contributed by atoms with E-state index in [0.29, 0.717) is 19.6 Å². The molecule has 0 spiro atoms. The van der Waals surface area contributed by atoms with Gasteiger partial charge in [-0.3, -0.25) is 4.79 Å². The Morgan fingerprint density at radius 1 is 1.20 bits per heavy atom. The maximum atomic E-state index is 12.4. The van der Waals surface area contributed by atoms with Crippen LogP contribution in [0.1, 0.15) is 18.4 Å². The van der Waals surface area contributed by atoms with Gasteiger partial charge in [0.1, 0.15) is 6.54 Å². The number of amides is 3. The smallest absolute Gasteiger partial charge is 0.318 e. The Balaban J connectivity index is 1.44. The molecule has 3 rings (SSSR count). The zero-order valence-electron chi connectivity index (χ0n) is 15.0. The minimum Gasteiger partial charge on any atom is -0.339 e. The van der Waals surface area contributed by atoms with E-state index in [1.54, 1.807) is 4.90 Å². The van der Waals surface area contributed by atoms with Crippen LogP contribution in [0, 0.1) is 0 Å². The van der Waals surface area contributed by atoms with Crippen molar-refractivity contribution in [2.75, 3.05) is 46.3 Å². The Kier molecular flexibility index (Phi) is 5.91. The van der Waals surface area contributed by atoms with Crippen molar-refractivity contribution >= 4 is 11.9 Å². The molecule has 1 aromatic carbocycles. The molecule has 2 heterocycles. The molecule has 0 aromatic heterocycles. The molecule has 2 aliphatic rings. The second kappa shape index (κ2) is 8.34. The van der Waals surface area contributed by atoms with E-state index in [2.05, 4.69) is 29.4 Å². The van der Waals surface area contributed by atoms with Crippen LogP contribution in [0.5, 0.6) is 0 Å². The molecule has 0 aliphatic carbocycles. The molecular formula is C19H28N4O2. The van der Waals surface area contributed by atoms with E-state index in [4.69, 9.17) is 0 Å². The van der Waals surface area contributed by atoms with Gasteiger partial charge >= 0.3 is 6.03 Å². The Hall–Kier alpha value is -2.08. The van der Waals surface area contributed by atoms with Crippen molar-refractivity contribution in [1.29, 1.82) is 0 Å². The van der Waals surface area contributed by atoms with E-state index in [1.807, 2.05) is 23.1 Å². The van der Waals surface area contributed by atoms with Crippen LogP contribution in [0.3, 0.4) is 0 Å². The van der Waals surface area contributed by atoms with Crippen molar-refractivity contribution in [3.8, 4) is 0 Å². The van der Waals surface area contributed by atoms with Gasteiger partial charge in [0, 0.05) is 32.2 Å². The Bertz CT molecular complexity index is 592. The van der Waals surface area contributed by atoms with Gasteiger partial charge in [0.25, 0.3) is 0 Å². The Morgan fingerprint density at radius 3 is 2.72 bits per heavy atom. The minimum atomic E-state index is -0.101. The summed E-state index contributed by atoms with van der Waals surface area (Å²) in [4.78, 5) is 30.6. The minimum absolute atomic E-state index is 0.0399. The summed E-state index contributed by atoms with van der Waals surface area (Å²) in [7, 11) is 2.08. The number of benzene rings is 1. The van der Waals surface area contributed by atoms with Crippen molar-refractivity contribution < 1.29 is 9.59 Å². The molecule has 0 unspecified atom stereocenters. The summed E-state index contributed by atoms with van der Waals surface area (Å²) in [6.45, 7) is 4.09. The Labute approximate surface area is 149 Å². The summed E-state index contributed by atoms with van der Waals surface area (Å²) < 4.78 is 0. The maximum absolute atomic E-state index is 12.4. The van der Waals surface area contributed by atoms with Gasteiger partial charge in [-0.25, -0.2) is 4.79 Å². The van der Waals surface area contributed by atoms with Crippen LogP contribution in [0.25, 0.3) is 0 Å². The van der Waals surface area contributed by atoms with E-state index in [1.165, 1.54) is 5.56 Å². The number of piperidine rings is 1. The fourth-order valence-electron chi connectivity index (χ4n) is 3.58. The standard InChI is InChI=1S/C19H28N4O2/c1-21-10-5-8-17(14-21)20-19(25)23-13-12-22(18(24)15-23)11-9-16-6-3-2-4-7-16/h2-4,6-7,17H,5,8-15H2,1H3,(H,20,25)/t17-/m1/s1. The van der Waals surface area contributed by atoms with E-state index >= 15 is 0 Å². The first-order valence-electron chi connectivity index (χ1n) is 9.17. The average molecular weight is 344 g/mol. The first kappa shape index (κ1) is 17.7. The van der Waals surface area contributed by atoms with Gasteiger partial charge in [0.05, 0.1) is 0 Å². The third kappa shape index (κ3) is 4.95. The number of rotatable bonds is 4. The van der Waals surface area contributed by atoms with Gasteiger partial charge < -0.3 is 20.0 Å². The van der Waals surface area contributed by atoms with E-state index in [0.717, 1.165) is 32.4 Å². The van der Waals surface area contributed by atoms with E-state index in [-0.39, 0.29) is 24.5 Å². The zero-order chi connectivity index (χ0) is 17.6. The van der Waals surface area contributed by atoms with Crippen LogP contribution in [-0.4, -0.2) is 79.0 Å². The SMILES string of the molecule is CN1CCC[C@@H](NC(=O)N2CCN(CCc3ccccc3)C(=O)C2)C1. The first-order chi connectivity index (χ1) is 12.1. The number of hydrogen-bond donors (Lipinski definition) is 1. The molecule has 6 heteroatoms. The molecule has 1 N–H and O–H groups in total. The predicted molar refractivity (Wildman–Crippen MR) is 97.3 cm³/mol. The maximum Gasteiger partial charge on any atom is 0.318 e. The summed E-state index contributed by atoms with van der Waals surface area (Å²) in [5, 5.41) is 3.09. The normalized spacial score (nSPS) is 22.1. The molecule has 3 amide bonds. The fraction of sp³-hybridized carbons (Fsp3) is 0.579. The molecule has 1 atom stereocenters. The number of likely N-dealkylation sites (tertiary alicyclic amines) is 1. The third-order valence-corrected chi connectivity index (χ3v) is 5.07. The lowest BCUT2D eigenvalue weighted by molar-refractivity contribution is -0.134. The van der Waals surface area contributed by atoms with Gasteiger partial charge in [0.2, 0.25) is 5.91 Å². The van der Waals surface area contributed by atoms with Crippen molar-refractivity contribution in [2.24, 2.45) is 0 Å². The fourth-order valence-corrected chi connectivity index (χ4v) is 3.58. The van der Waals surface area contributed by atoms with Crippen molar-refractivity contribution in [3.05, 3.63) is 35.9 Å². The lowest BCUT2D eigenvalue weighted by atomic mass is 10.1. The number of carbonyl (C=O) groups is 2. The van der Waals surface area contributed by atoms with Crippen LogP contribution in [0.2, 0.25) is 0 Å². The highest BCUT2D eigenvalue weighted by atomic mass is 16.2. The number of urea groups is 1. The summed E-state index contributed by atoms with van der Waals surface area (Å²) in [5.41, 5.74) is 1.23. The van der Waals surface area contributed by atoms with Gasteiger partial charge in [-0.15, -0.1) is 0 Å². The topological polar surface area (TPSA) is 55.9 Å². The van der Waals surface area contributed by atoms with E-state index < -0.39 is 0 Å². The molecule has 2 fully saturated rings. The summed E-state index contributed by atoms with van der Waals surface area (Å²) in [6.07, 6.45) is 2.97. The highest BCUT2D eigenvalue weighted by Crippen LogP contribution is 2.10. The van der Waals surface area contributed by atoms with Crippen LogP contribution in [-0.2, 0) is 11.2 Å². The lowest BCUT2D eigenvalue weighted by Gasteiger charge is -2.36. The van der Waals surface area contributed by atoms with Crippen molar-refractivity contribution in [2.45, 2.75) is 25.3 Å². The largest absolute Gasteiger partial charge is 0.339 e. The number of piperazine rings is 1. The van der Waals surface area contributed by atoms with Crippen LogP contribution in [0.15, 0.2) is 30.3 Å². The van der Waals surface area contributed by atoms with Crippen LogP contribution in [0.4, 0.5) is 4.79 Å². The highest BCUT2D eigenvalue weighted by molar-refractivity contribution is 5.85. The van der Waals surface area contributed by atoms with Gasteiger partial charge in [-0.2, -0.15) is 0 Å². The Morgan fingerprint density at radius 2 is 2.00 bits per heavy atom. The number of nitrogens with zero attached hydrogens (tertiary/aromatic N) is 3. The lowest BCUT2D eigenvalue weighted by Crippen LogP contribution is -2.57. The second-order valence-corrected chi connectivity index (χ2v) is 7.09.